The fourth-order valence-corrected chi connectivity index (χ4v) is 1.90. The number of hydrogen-bond acceptors (Lipinski definition) is 3. The second-order valence-corrected chi connectivity index (χ2v) is 4.17. The van der Waals surface area contributed by atoms with Crippen molar-refractivity contribution in [2.24, 2.45) is 0 Å². The minimum absolute atomic E-state index is 0.110. The van der Waals surface area contributed by atoms with E-state index in [1.54, 1.807) is 0 Å². The second-order valence-electron chi connectivity index (χ2n) is 3.31. The van der Waals surface area contributed by atoms with Crippen LogP contribution in [0.5, 0.6) is 0 Å². The number of nitrogens with zero attached hydrogens (tertiary/aromatic N) is 1. The number of carbonyl (C=O) groups is 1. The van der Waals surface area contributed by atoms with Gasteiger partial charge in [0.2, 0.25) is 0 Å². The molecule has 0 saturated heterocycles. The molecule has 0 N–H and O–H groups in total. The van der Waals surface area contributed by atoms with Crippen molar-refractivity contribution in [1.29, 1.82) is 5.26 Å². The van der Waals surface area contributed by atoms with E-state index in [1.165, 1.54) is 12.1 Å². The highest BCUT2D eigenvalue weighted by Crippen LogP contribution is 2.37. The summed E-state index contributed by atoms with van der Waals surface area (Å²) >= 11 is 2.94. The van der Waals surface area contributed by atoms with Crippen LogP contribution >= 0.6 is 15.9 Å². The number of esters is 1. The summed E-state index contributed by atoms with van der Waals surface area (Å²) in [6.45, 7) is 0. The van der Waals surface area contributed by atoms with Gasteiger partial charge in [0, 0.05) is 4.47 Å². The Kier molecular flexibility index (Phi) is 4.35. The Bertz CT molecular complexity index is 520. The number of rotatable bonds is 2. The average molecular weight is 322 g/mol. The zero-order chi connectivity index (χ0) is 13.9. The quantitative estimate of drug-likeness (QED) is 0.787. The summed E-state index contributed by atoms with van der Waals surface area (Å²) in [5, 5.41) is 8.71. The van der Waals surface area contributed by atoms with Crippen LogP contribution in [0.4, 0.5) is 13.2 Å². The Morgan fingerprint density at radius 3 is 2.56 bits per heavy atom. The van der Waals surface area contributed by atoms with Crippen LogP contribution in [-0.4, -0.2) is 13.1 Å². The lowest BCUT2D eigenvalue weighted by Gasteiger charge is -2.15. The molecule has 0 aliphatic rings. The molecule has 0 aliphatic carbocycles. The third-order valence-corrected chi connectivity index (χ3v) is 2.95. The number of benzene rings is 1. The Balaban J connectivity index is 3.47. The fourth-order valence-electron chi connectivity index (χ4n) is 1.43. The van der Waals surface area contributed by atoms with E-state index in [4.69, 9.17) is 5.26 Å². The van der Waals surface area contributed by atoms with Crippen molar-refractivity contribution < 1.29 is 22.7 Å². The predicted molar refractivity (Wildman–Crippen MR) is 59.6 cm³/mol. The molecule has 0 heterocycles. The van der Waals surface area contributed by atoms with Crippen LogP contribution in [-0.2, 0) is 22.1 Å². The lowest BCUT2D eigenvalue weighted by Crippen LogP contribution is -2.16. The van der Waals surface area contributed by atoms with E-state index < -0.39 is 29.7 Å². The smallest absolute Gasteiger partial charge is 0.418 e. The topological polar surface area (TPSA) is 50.1 Å². The van der Waals surface area contributed by atoms with Crippen molar-refractivity contribution >= 4 is 21.9 Å². The molecule has 0 radical (unpaired) electrons. The van der Waals surface area contributed by atoms with Gasteiger partial charge in [-0.15, -0.1) is 0 Å². The van der Waals surface area contributed by atoms with Gasteiger partial charge < -0.3 is 4.74 Å². The Morgan fingerprint density at radius 1 is 1.50 bits per heavy atom. The molecular formula is C11H7BrF3NO2. The van der Waals surface area contributed by atoms with Gasteiger partial charge in [-0.05, 0) is 17.7 Å². The zero-order valence-electron chi connectivity index (χ0n) is 9.14. The molecule has 7 heteroatoms. The van der Waals surface area contributed by atoms with Crippen LogP contribution in [0.2, 0.25) is 0 Å². The number of hydrogen-bond donors (Lipinski definition) is 0. The zero-order valence-corrected chi connectivity index (χ0v) is 10.7. The molecule has 1 rings (SSSR count). The summed E-state index contributed by atoms with van der Waals surface area (Å²) in [7, 11) is 1.08. The molecule has 0 fully saturated rings. The van der Waals surface area contributed by atoms with E-state index in [2.05, 4.69) is 20.7 Å². The van der Waals surface area contributed by atoms with Crippen molar-refractivity contribution in [2.75, 3.05) is 7.11 Å². The lowest BCUT2D eigenvalue weighted by atomic mass is 9.99. The largest absolute Gasteiger partial charge is 0.469 e. The second kappa shape index (κ2) is 5.40. The molecule has 3 nitrogen and oxygen atoms in total. The van der Waals surface area contributed by atoms with Crippen LogP contribution in [0, 0.1) is 11.3 Å². The third-order valence-electron chi connectivity index (χ3n) is 2.21. The summed E-state index contributed by atoms with van der Waals surface area (Å²) in [4.78, 5) is 11.1. The number of ether oxygens (including phenoxy) is 1. The standard InChI is InChI=1S/C11H7BrF3NO2/c1-18-9(17)4-7-8(12)3-2-6(5-16)10(7)11(13,14)15/h2-3H,4H2,1H3. The Labute approximate surface area is 109 Å². The van der Waals surface area contributed by atoms with Gasteiger partial charge >= 0.3 is 12.1 Å². The van der Waals surface area contributed by atoms with E-state index in [1.807, 2.05) is 0 Å². The number of nitriles is 1. The summed E-state index contributed by atoms with van der Waals surface area (Å²) in [5.41, 5.74) is -1.93. The first-order valence-corrected chi connectivity index (χ1v) is 5.46. The van der Waals surface area contributed by atoms with Gasteiger partial charge in [-0.3, -0.25) is 4.79 Å². The molecular weight excluding hydrogens is 315 g/mol. The van der Waals surface area contributed by atoms with Crippen LogP contribution in [0.3, 0.4) is 0 Å². The van der Waals surface area contributed by atoms with Gasteiger partial charge in [-0.25, -0.2) is 0 Å². The van der Waals surface area contributed by atoms with E-state index >= 15 is 0 Å². The minimum atomic E-state index is -4.71. The molecule has 0 atom stereocenters. The molecule has 1 aromatic carbocycles. The van der Waals surface area contributed by atoms with Gasteiger partial charge in [0.1, 0.15) is 0 Å². The summed E-state index contributed by atoms with van der Waals surface area (Å²) in [6.07, 6.45) is -5.26. The van der Waals surface area contributed by atoms with Crippen molar-refractivity contribution in [3.05, 3.63) is 33.3 Å². The molecule has 0 amide bonds. The van der Waals surface area contributed by atoms with Gasteiger partial charge in [0.15, 0.2) is 0 Å². The van der Waals surface area contributed by atoms with Crippen LogP contribution < -0.4 is 0 Å². The maximum atomic E-state index is 12.9. The lowest BCUT2D eigenvalue weighted by molar-refractivity contribution is -0.141. The highest BCUT2D eigenvalue weighted by atomic mass is 79.9. The molecule has 0 saturated carbocycles. The molecule has 0 bridgehead atoms. The van der Waals surface area contributed by atoms with Gasteiger partial charge in [0.25, 0.3) is 0 Å². The Morgan fingerprint density at radius 2 is 2.11 bits per heavy atom. The van der Waals surface area contributed by atoms with Crippen molar-refractivity contribution in [3.8, 4) is 6.07 Å². The number of carbonyl (C=O) groups excluding carboxylic acids is 1. The first-order chi connectivity index (χ1) is 8.31. The van der Waals surface area contributed by atoms with Gasteiger partial charge in [0.05, 0.1) is 30.7 Å². The maximum Gasteiger partial charge on any atom is 0.418 e. The van der Waals surface area contributed by atoms with E-state index in [0.717, 1.165) is 13.2 Å². The minimum Gasteiger partial charge on any atom is -0.469 e. The monoisotopic (exact) mass is 321 g/mol. The average Bonchev–Trinajstić information content (AvgIpc) is 2.29. The van der Waals surface area contributed by atoms with E-state index in [-0.39, 0.29) is 10.0 Å². The van der Waals surface area contributed by atoms with E-state index in [0.29, 0.717) is 0 Å². The molecule has 0 aromatic heterocycles. The first-order valence-electron chi connectivity index (χ1n) is 4.66. The summed E-state index contributed by atoms with van der Waals surface area (Å²) in [6, 6.07) is 3.82. The van der Waals surface area contributed by atoms with Gasteiger partial charge in [-0.1, -0.05) is 15.9 Å². The molecule has 0 unspecified atom stereocenters. The highest BCUT2D eigenvalue weighted by Gasteiger charge is 2.37. The number of methoxy groups -OCH3 is 1. The van der Waals surface area contributed by atoms with E-state index in [9.17, 15) is 18.0 Å². The summed E-state index contributed by atoms with van der Waals surface area (Å²) < 4.78 is 43.2. The number of alkyl halides is 3. The Hall–Kier alpha value is -1.55. The molecule has 0 spiro atoms. The molecule has 18 heavy (non-hydrogen) atoms. The molecule has 0 aliphatic heterocycles. The molecule has 96 valence electrons. The number of halogens is 4. The van der Waals surface area contributed by atoms with Crippen molar-refractivity contribution in [2.45, 2.75) is 12.6 Å². The summed E-state index contributed by atoms with van der Waals surface area (Å²) in [5.74, 6) is -0.809. The fraction of sp³-hybridized carbons (Fsp3) is 0.273. The van der Waals surface area contributed by atoms with Crippen LogP contribution in [0.25, 0.3) is 0 Å². The van der Waals surface area contributed by atoms with Crippen LogP contribution in [0.1, 0.15) is 16.7 Å². The van der Waals surface area contributed by atoms with Crippen molar-refractivity contribution in [3.63, 3.8) is 0 Å². The van der Waals surface area contributed by atoms with Gasteiger partial charge in [-0.2, -0.15) is 18.4 Å². The third kappa shape index (κ3) is 3.01. The SMILES string of the molecule is COC(=O)Cc1c(Br)ccc(C#N)c1C(F)(F)F. The highest BCUT2D eigenvalue weighted by molar-refractivity contribution is 9.10. The predicted octanol–water partition coefficient (Wildman–Crippen LogP) is 3.06. The van der Waals surface area contributed by atoms with Crippen molar-refractivity contribution in [1.82, 2.24) is 0 Å². The maximum absolute atomic E-state index is 12.9. The van der Waals surface area contributed by atoms with Crippen LogP contribution in [0.15, 0.2) is 16.6 Å². The first kappa shape index (κ1) is 14.5. The molecule has 1 aromatic rings. The normalized spacial score (nSPS) is 10.9.